The van der Waals surface area contributed by atoms with Crippen LogP contribution < -0.4 is 0 Å². The zero-order chi connectivity index (χ0) is 18.2. The lowest BCUT2D eigenvalue weighted by Crippen LogP contribution is -2.44. The molecule has 1 spiro atoms. The number of aryl methyl sites for hydroxylation is 1. The number of rotatable bonds is 2. The Labute approximate surface area is 158 Å². The number of carbonyl (C=O) groups excluding carboxylic acids is 1. The van der Waals surface area contributed by atoms with Gasteiger partial charge < -0.3 is 0 Å². The highest BCUT2D eigenvalue weighted by atomic mass is 79.9. The average Bonchev–Trinajstić information content (AvgIpc) is 2.97. The minimum absolute atomic E-state index is 0.00971. The van der Waals surface area contributed by atoms with Crippen LogP contribution >= 0.6 is 15.9 Å². The number of amides is 1. The van der Waals surface area contributed by atoms with Gasteiger partial charge in [0, 0.05) is 9.89 Å². The van der Waals surface area contributed by atoms with Crippen LogP contribution in [-0.4, -0.2) is 30.4 Å². The lowest BCUT2D eigenvalue weighted by molar-refractivity contribution is -0.128. The van der Waals surface area contributed by atoms with E-state index >= 15 is 0 Å². The van der Waals surface area contributed by atoms with Gasteiger partial charge in [-0.1, -0.05) is 41.9 Å². The van der Waals surface area contributed by atoms with Gasteiger partial charge >= 0.3 is 0 Å². The van der Waals surface area contributed by atoms with E-state index in [0.717, 1.165) is 34.9 Å². The van der Waals surface area contributed by atoms with Crippen molar-refractivity contribution < 1.29 is 13.2 Å². The Bertz CT molecular complexity index is 863. The first kappa shape index (κ1) is 17.5. The van der Waals surface area contributed by atoms with Gasteiger partial charge in [-0.05, 0) is 54.7 Å². The van der Waals surface area contributed by atoms with Crippen LogP contribution in [0.2, 0.25) is 0 Å². The molecule has 4 nitrogen and oxygen atoms in total. The zero-order valence-electron chi connectivity index (χ0n) is 14.9. The van der Waals surface area contributed by atoms with Gasteiger partial charge in [-0.25, -0.2) is 12.7 Å². The second kappa shape index (κ2) is 5.32. The van der Waals surface area contributed by atoms with Gasteiger partial charge in [-0.2, -0.15) is 0 Å². The Kier molecular flexibility index (Phi) is 3.73. The molecule has 0 unspecified atom stereocenters. The van der Waals surface area contributed by atoms with Gasteiger partial charge in [0.15, 0.2) is 0 Å². The van der Waals surface area contributed by atoms with E-state index in [1.165, 1.54) is 4.31 Å². The predicted octanol–water partition coefficient (Wildman–Crippen LogP) is 3.67. The molecule has 1 aromatic rings. The molecule has 3 aliphatic rings. The SMILES string of the molecule is Cc1ccc(CC(=O)N2[C@H]3C[C@@H]4CC[C@@]3(CS2(=O)=O)C4(C)C)c(Br)c1. The van der Waals surface area contributed by atoms with Gasteiger partial charge in [0.05, 0.1) is 18.2 Å². The lowest BCUT2D eigenvalue weighted by atomic mass is 9.69. The molecule has 3 atom stereocenters. The standard InChI is InChI=1S/C19H24BrNO3S/c1-12-4-5-13(15(20)8-12)9-17(22)21-16-10-14-6-7-19(16,18(14,2)3)11-25(21,23)24/h4-5,8,14,16H,6-7,9-11H2,1-3H3/t14-,16-,19-/m0/s1. The van der Waals surface area contributed by atoms with Crippen LogP contribution in [0.25, 0.3) is 0 Å². The maximum atomic E-state index is 13.0. The summed E-state index contributed by atoms with van der Waals surface area (Å²) in [7, 11) is -3.53. The van der Waals surface area contributed by atoms with E-state index in [0.29, 0.717) is 5.92 Å². The highest BCUT2D eigenvalue weighted by molar-refractivity contribution is 9.10. The zero-order valence-corrected chi connectivity index (χ0v) is 17.3. The Morgan fingerprint density at radius 2 is 2.08 bits per heavy atom. The summed E-state index contributed by atoms with van der Waals surface area (Å²) < 4.78 is 27.9. The smallest absolute Gasteiger partial charge is 0.240 e. The fourth-order valence-electron chi connectivity index (χ4n) is 5.65. The number of nitrogens with zero attached hydrogens (tertiary/aromatic N) is 1. The highest BCUT2D eigenvalue weighted by Crippen LogP contribution is 2.69. The summed E-state index contributed by atoms with van der Waals surface area (Å²) in [6.07, 6.45) is 2.96. The summed E-state index contributed by atoms with van der Waals surface area (Å²) in [5.41, 5.74) is 1.68. The van der Waals surface area contributed by atoms with Crippen LogP contribution in [0.5, 0.6) is 0 Å². The first-order chi connectivity index (χ1) is 11.6. The van der Waals surface area contributed by atoms with E-state index in [9.17, 15) is 13.2 Å². The van der Waals surface area contributed by atoms with Gasteiger partial charge in [0.1, 0.15) is 0 Å². The fraction of sp³-hybridized carbons (Fsp3) is 0.632. The number of carbonyl (C=O) groups is 1. The van der Waals surface area contributed by atoms with Crippen LogP contribution in [0.1, 0.15) is 44.2 Å². The molecule has 1 amide bonds. The van der Waals surface area contributed by atoms with Gasteiger partial charge in [-0.15, -0.1) is 0 Å². The summed E-state index contributed by atoms with van der Waals surface area (Å²) in [6.45, 7) is 6.39. The Hall–Kier alpha value is -0.880. The molecule has 4 rings (SSSR count). The van der Waals surface area contributed by atoms with Crippen molar-refractivity contribution in [3.05, 3.63) is 33.8 Å². The van der Waals surface area contributed by atoms with Crippen molar-refractivity contribution in [2.75, 3.05) is 5.75 Å². The summed E-state index contributed by atoms with van der Waals surface area (Å²) in [5, 5.41) is 0. The van der Waals surface area contributed by atoms with Crippen LogP contribution in [0.15, 0.2) is 22.7 Å². The average molecular weight is 426 g/mol. The second-order valence-electron chi connectivity index (χ2n) is 8.58. The van der Waals surface area contributed by atoms with E-state index in [2.05, 4.69) is 29.8 Å². The molecule has 1 heterocycles. The van der Waals surface area contributed by atoms with Gasteiger partial charge in [0.2, 0.25) is 15.9 Å². The van der Waals surface area contributed by atoms with Crippen molar-refractivity contribution in [1.29, 1.82) is 0 Å². The molecule has 136 valence electrons. The third-order valence-electron chi connectivity index (χ3n) is 7.21. The number of benzene rings is 1. The highest BCUT2D eigenvalue weighted by Gasteiger charge is 2.72. The quantitative estimate of drug-likeness (QED) is 0.725. The lowest BCUT2D eigenvalue weighted by Gasteiger charge is -2.37. The molecule has 0 N–H and O–H groups in total. The summed E-state index contributed by atoms with van der Waals surface area (Å²) >= 11 is 3.50. The van der Waals surface area contributed by atoms with Crippen LogP contribution in [-0.2, 0) is 21.2 Å². The van der Waals surface area contributed by atoms with Crippen molar-refractivity contribution in [2.45, 2.75) is 52.5 Å². The van der Waals surface area contributed by atoms with Crippen molar-refractivity contribution >= 4 is 31.9 Å². The minimum Gasteiger partial charge on any atom is -0.273 e. The molecule has 1 saturated heterocycles. The minimum atomic E-state index is -3.53. The Morgan fingerprint density at radius 1 is 1.36 bits per heavy atom. The molecular formula is C19H24BrNO3S. The predicted molar refractivity (Wildman–Crippen MR) is 101 cm³/mol. The van der Waals surface area contributed by atoms with Crippen molar-refractivity contribution in [3.63, 3.8) is 0 Å². The summed E-state index contributed by atoms with van der Waals surface area (Å²) in [4.78, 5) is 13.0. The van der Waals surface area contributed by atoms with E-state index in [4.69, 9.17) is 0 Å². The largest absolute Gasteiger partial charge is 0.273 e. The first-order valence-electron chi connectivity index (χ1n) is 8.88. The van der Waals surface area contributed by atoms with Crippen molar-refractivity contribution in [1.82, 2.24) is 4.31 Å². The molecule has 2 aliphatic carbocycles. The molecule has 0 aromatic heterocycles. The molecule has 1 aromatic carbocycles. The molecular weight excluding hydrogens is 402 g/mol. The Balaban J connectivity index is 1.67. The van der Waals surface area contributed by atoms with E-state index in [1.807, 2.05) is 25.1 Å². The molecule has 6 heteroatoms. The number of hydrogen-bond donors (Lipinski definition) is 0. The molecule has 3 fully saturated rings. The van der Waals surface area contributed by atoms with Gasteiger partial charge in [-0.3, -0.25) is 4.79 Å². The van der Waals surface area contributed by atoms with Gasteiger partial charge in [0.25, 0.3) is 0 Å². The summed E-state index contributed by atoms with van der Waals surface area (Å²) in [6, 6.07) is 5.67. The molecule has 1 aliphatic heterocycles. The first-order valence-corrected chi connectivity index (χ1v) is 11.3. The normalized spacial score (nSPS) is 34.3. The monoisotopic (exact) mass is 425 g/mol. The molecule has 2 bridgehead atoms. The van der Waals surface area contributed by atoms with Crippen LogP contribution in [0.4, 0.5) is 0 Å². The van der Waals surface area contributed by atoms with Crippen molar-refractivity contribution in [3.8, 4) is 0 Å². The topological polar surface area (TPSA) is 54.5 Å². The maximum absolute atomic E-state index is 13.0. The molecule has 25 heavy (non-hydrogen) atoms. The fourth-order valence-corrected chi connectivity index (χ4v) is 8.84. The van der Waals surface area contributed by atoms with E-state index in [1.54, 1.807) is 0 Å². The maximum Gasteiger partial charge on any atom is 0.240 e. The number of fused-ring (bicyclic) bond motifs is 1. The van der Waals surface area contributed by atoms with Crippen LogP contribution in [0.3, 0.4) is 0 Å². The van der Waals surface area contributed by atoms with E-state index < -0.39 is 10.0 Å². The Morgan fingerprint density at radius 3 is 2.72 bits per heavy atom. The molecule has 2 saturated carbocycles. The number of halogens is 1. The van der Waals surface area contributed by atoms with E-state index in [-0.39, 0.29) is 35.0 Å². The third kappa shape index (κ3) is 2.29. The van der Waals surface area contributed by atoms with Crippen molar-refractivity contribution in [2.24, 2.45) is 16.7 Å². The number of hydrogen-bond acceptors (Lipinski definition) is 3. The number of sulfonamides is 1. The summed E-state index contributed by atoms with van der Waals surface area (Å²) in [5.74, 6) is 0.374. The molecule has 0 radical (unpaired) electrons. The second-order valence-corrected chi connectivity index (χ2v) is 11.3. The third-order valence-corrected chi connectivity index (χ3v) is 9.88. The van der Waals surface area contributed by atoms with Crippen LogP contribution in [0, 0.1) is 23.7 Å².